The Hall–Kier alpha value is -3.37. The van der Waals surface area contributed by atoms with Crippen molar-refractivity contribution in [1.29, 1.82) is 0 Å². The van der Waals surface area contributed by atoms with E-state index >= 15 is 0 Å². The number of nitrogens with one attached hydrogen (secondary N) is 1. The number of carboxylic acid groups (broad SMARTS) is 1. The van der Waals surface area contributed by atoms with E-state index in [1.54, 1.807) is 19.1 Å². The molecule has 0 spiro atoms. The van der Waals surface area contributed by atoms with Crippen molar-refractivity contribution in [1.82, 2.24) is 14.5 Å². The smallest absolute Gasteiger partial charge is 0.262 e. The van der Waals surface area contributed by atoms with E-state index in [4.69, 9.17) is 28.3 Å². The molecule has 4 aromatic rings. The number of hydrogen-bond donors (Lipinski definition) is 2. The Bertz CT molecular complexity index is 1530. The second-order valence-corrected chi connectivity index (χ2v) is 11.1. The van der Waals surface area contributed by atoms with Gasteiger partial charge in [-0.2, -0.15) is 5.10 Å². The van der Waals surface area contributed by atoms with Crippen LogP contribution in [0.2, 0.25) is 10.0 Å². The van der Waals surface area contributed by atoms with Crippen LogP contribution < -0.4 is 15.6 Å². The number of benzene rings is 3. The number of carbonyl (C=O) groups excluding carboxylic acids is 1. The maximum Gasteiger partial charge on any atom is 0.262 e. The average molecular weight is 576 g/mol. The Morgan fingerprint density at radius 1 is 0.974 bits per heavy atom. The molecule has 0 aliphatic rings. The van der Waals surface area contributed by atoms with Gasteiger partial charge in [-0.15, -0.1) is 0 Å². The number of nitrogens with zero attached hydrogens (tertiary/aromatic N) is 2. The van der Waals surface area contributed by atoms with Gasteiger partial charge in [0.2, 0.25) is 0 Å². The predicted octanol–water partition coefficient (Wildman–Crippen LogP) is 3.86. The van der Waals surface area contributed by atoms with Crippen molar-refractivity contribution in [3.8, 4) is 16.8 Å². The van der Waals surface area contributed by atoms with E-state index in [1.807, 2.05) is 29.8 Å². The first kappa shape index (κ1) is 29.2. The minimum atomic E-state index is -3.99. The quantitative estimate of drug-likeness (QED) is 0.361. The summed E-state index contributed by atoms with van der Waals surface area (Å²) in [6.45, 7) is 6.78. The minimum Gasteiger partial charge on any atom is -0.529 e. The van der Waals surface area contributed by atoms with Crippen LogP contribution in [0.3, 0.4) is 0 Å². The van der Waals surface area contributed by atoms with Crippen LogP contribution in [0, 0.1) is 20.8 Å². The summed E-state index contributed by atoms with van der Waals surface area (Å²) in [6, 6.07) is 19.9. The highest BCUT2D eigenvalue weighted by Crippen LogP contribution is 2.33. The summed E-state index contributed by atoms with van der Waals surface area (Å²) in [7, 11) is -3.99. The third-order valence-electron chi connectivity index (χ3n) is 5.69. The molecule has 1 aromatic heterocycles. The molecule has 3 aromatic carbocycles. The van der Waals surface area contributed by atoms with Crippen LogP contribution in [0.1, 0.15) is 22.5 Å². The van der Waals surface area contributed by atoms with E-state index in [1.165, 1.54) is 22.4 Å². The lowest BCUT2D eigenvalue weighted by Crippen LogP contribution is -2.51. The fourth-order valence-corrected chi connectivity index (χ4v) is 4.99. The molecule has 1 heterocycles. The highest BCUT2D eigenvalue weighted by atomic mass is 35.5. The monoisotopic (exact) mass is 574 g/mol. The van der Waals surface area contributed by atoms with Crippen molar-refractivity contribution < 1.29 is 24.1 Å². The van der Waals surface area contributed by atoms with E-state index in [-0.39, 0.29) is 4.90 Å². The number of quaternary nitrogens is 1. The zero-order valence-corrected chi connectivity index (χ0v) is 23.5. The third kappa shape index (κ3) is 7.14. The highest BCUT2D eigenvalue weighted by Gasteiger charge is 2.16. The molecule has 0 saturated carbocycles. The molecule has 0 unspecified atom stereocenters. The van der Waals surface area contributed by atoms with E-state index in [0.717, 1.165) is 46.7 Å². The normalized spacial score (nSPS) is 11.0. The zero-order valence-electron chi connectivity index (χ0n) is 21.2. The van der Waals surface area contributed by atoms with Crippen LogP contribution in [-0.2, 0) is 16.4 Å². The lowest BCUT2D eigenvalue weighted by Gasteiger charge is -2.07. The van der Waals surface area contributed by atoms with Gasteiger partial charge in [0, 0.05) is 17.7 Å². The fraction of sp³-hybridized carbons (Fsp3) is 0.185. The fourth-order valence-electron chi connectivity index (χ4n) is 3.86. The number of sulfonamides is 1. The molecule has 1 amide bonds. The van der Waals surface area contributed by atoms with Gasteiger partial charge in [0.15, 0.2) is 0 Å². The lowest BCUT2D eigenvalue weighted by molar-refractivity contribution is -0.366. The maximum absolute atomic E-state index is 11.2. The summed E-state index contributed by atoms with van der Waals surface area (Å²) in [5.41, 5.74) is 11.3. The van der Waals surface area contributed by atoms with Crippen molar-refractivity contribution >= 4 is 39.3 Å². The van der Waals surface area contributed by atoms with Gasteiger partial charge in [-0.3, -0.25) is 4.72 Å². The Morgan fingerprint density at radius 3 is 2.16 bits per heavy atom. The van der Waals surface area contributed by atoms with Crippen LogP contribution in [0.25, 0.3) is 16.8 Å². The number of rotatable bonds is 6. The summed E-state index contributed by atoms with van der Waals surface area (Å²) >= 11 is 12.2. The predicted molar refractivity (Wildman–Crippen MR) is 147 cm³/mol. The van der Waals surface area contributed by atoms with Gasteiger partial charge < -0.3 is 15.6 Å². The van der Waals surface area contributed by atoms with Crippen LogP contribution in [0.5, 0.6) is 0 Å². The first-order valence-corrected chi connectivity index (χ1v) is 13.9. The van der Waals surface area contributed by atoms with Gasteiger partial charge >= 0.3 is 0 Å². The summed E-state index contributed by atoms with van der Waals surface area (Å²) in [6.07, 6.45) is -0.850. The summed E-state index contributed by atoms with van der Waals surface area (Å²) in [5, 5.41) is 15.9. The molecule has 0 aliphatic heterocycles. The summed E-state index contributed by atoms with van der Waals surface area (Å²) in [5.74, 6) is 0. The third-order valence-corrected chi connectivity index (χ3v) is 7.76. The molecule has 0 atom stereocenters. The van der Waals surface area contributed by atoms with E-state index < -0.39 is 16.1 Å². The van der Waals surface area contributed by atoms with Gasteiger partial charge in [0.1, 0.15) is 6.09 Å². The minimum absolute atomic E-state index is 0.104. The molecule has 38 heavy (non-hydrogen) atoms. The van der Waals surface area contributed by atoms with Gasteiger partial charge in [-0.05, 0) is 68.3 Å². The second-order valence-electron chi connectivity index (χ2n) is 8.56. The van der Waals surface area contributed by atoms with Crippen molar-refractivity contribution in [2.24, 2.45) is 0 Å². The topological polar surface area (TPSA) is 132 Å². The van der Waals surface area contributed by atoms with E-state index in [0.29, 0.717) is 10.0 Å². The Balaban J connectivity index is 0.000000244. The van der Waals surface area contributed by atoms with Crippen molar-refractivity contribution in [2.45, 2.75) is 32.1 Å². The second kappa shape index (κ2) is 12.4. The number of carbonyl (C=O) groups is 1. The lowest BCUT2D eigenvalue weighted by atomic mass is 10.0. The number of aryl methyl sites for hydroxylation is 2. The SMILES string of the molecule is Cc1ccc(S(=O)(=O)NC(=O)[O-])cc1.Cc1nn(-c2ccc(CC[NH3+])cc2)c(C)c1-c1ccc(Cl)c(Cl)c1. The van der Waals surface area contributed by atoms with Crippen molar-refractivity contribution in [3.63, 3.8) is 0 Å². The van der Waals surface area contributed by atoms with Gasteiger partial charge in [-0.1, -0.05) is 59.1 Å². The molecule has 4 N–H and O–H groups in total. The molecule has 0 radical (unpaired) electrons. The molecular formula is C27H28Cl2N4O4S. The average Bonchev–Trinajstić information content (AvgIpc) is 3.15. The molecule has 11 heteroatoms. The summed E-state index contributed by atoms with van der Waals surface area (Å²) in [4.78, 5) is 9.95. The molecule has 0 bridgehead atoms. The molecule has 0 aliphatic carbocycles. The Kier molecular flexibility index (Phi) is 9.56. The van der Waals surface area contributed by atoms with Gasteiger partial charge in [0.25, 0.3) is 10.0 Å². The number of amides is 1. The molecule has 200 valence electrons. The van der Waals surface area contributed by atoms with Crippen molar-refractivity contribution in [2.75, 3.05) is 6.54 Å². The molecule has 4 rings (SSSR count). The summed E-state index contributed by atoms with van der Waals surface area (Å²) < 4.78 is 25.7. The Labute approximate surface area is 232 Å². The highest BCUT2D eigenvalue weighted by molar-refractivity contribution is 7.90. The molecule has 0 saturated heterocycles. The van der Waals surface area contributed by atoms with E-state index in [9.17, 15) is 18.3 Å². The maximum atomic E-state index is 11.2. The molecule has 0 fully saturated rings. The van der Waals surface area contributed by atoms with Crippen LogP contribution >= 0.6 is 23.2 Å². The standard InChI is InChI=1S/C19H19Cl2N3.C8H9NO4S/c1-12-19(15-5-8-17(20)18(21)11-15)13(2)24(23-12)16-6-3-14(4-7-16)9-10-22;1-6-2-4-7(5-3-6)14(12,13)9-8(10)11/h3-8,11H,9-10,22H2,1-2H3;2-5,9H,1H3,(H,10,11). The molecular weight excluding hydrogens is 547 g/mol. The van der Waals surface area contributed by atoms with Crippen LogP contribution in [-0.4, -0.2) is 30.8 Å². The molecule has 8 nitrogen and oxygen atoms in total. The van der Waals surface area contributed by atoms with Gasteiger partial charge in [-0.25, -0.2) is 13.1 Å². The van der Waals surface area contributed by atoms with Crippen LogP contribution in [0.4, 0.5) is 4.79 Å². The largest absolute Gasteiger partial charge is 0.529 e. The number of hydrogen-bond acceptors (Lipinski definition) is 5. The zero-order chi connectivity index (χ0) is 28.0. The van der Waals surface area contributed by atoms with E-state index in [2.05, 4.69) is 36.9 Å². The van der Waals surface area contributed by atoms with Crippen LogP contribution in [0.15, 0.2) is 71.6 Å². The Morgan fingerprint density at radius 2 is 1.61 bits per heavy atom. The first-order valence-electron chi connectivity index (χ1n) is 11.6. The first-order chi connectivity index (χ1) is 17.9. The van der Waals surface area contributed by atoms with Gasteiger partial charge in [0.05, 0.1) is 32.9 Å². The number of aromatic nitrogens is 2. The number of halogens is 2. The van der Waals surface area contributed by atoms with Crippen molar-refractivity contribution in [3.05, 3.63) is 99.3 Å².